The molecule has 2 aromatic rings. The molecule has 6 nitrogen and oxygen atoms in total. The van der Waals surface area contributed by atoms with E-state index in [4.69, 9.17) is 10.5 Å². The van der Waals surface area contributed by atoms with Gasteiger partial charge in [0.25, 0.3) is 0 Å². The summed E-state index contributed by atoms with van der Waals surface area (Å²) >= 11 is 0. The molecule has 2 aliphatic heterocycles. The molecule has 0 spiro atoms. The van der Waals surface area contributed by atoms with Gasteiger partial charge in [0.05, 0.1) is 29.9 Å². The maximum Gasteiger partial charge on any atom is 0.161 e. The van der Waals surface area contributed by atoms with E-state index in [-0.39, 0.29) is 5.78 Å². The largest absolute Gasteiger partial charge is 0.494 e. The minimum atomic E-state index is -0.462. The number of carbonyl (C=O) groups is 1. The van der Waals surface area contributed by atoms with Crippen LogP contribution < -0.4 is 15.4 Å². The van der Waals surface area contributed by atoms with Crippen molar-refractivity contribution in [3.05, 3.63) is 82.3 Å². The van der Waals surface area contributed by atoms with Gasteiger partial charge in [0.2, 0.25) is 0 Å². The highest BCUT2D eigenvalue weighted by molar-refractivity contribution is 6.08. The van der Waals surface area contributed by atoms with Gasteiger partial charge in [-0.2, -0.15) is 5.26 Å². The standard InChI is InChI=1S/C25H22N4O2/c1-2-31-16-12-10-15(11-13-16)22-18(14-26)25-28-24(27)17-6-3-4-7-19(17)29(25)20-8-5-9-21(30)23(20)22/h3-4,6-7,10-13,22H,2,5,8-9H2,1H3,(H2,27,28)/t22-/m1/s1. The van der Waals surface area contributed by atoms with E-state index in [0.29, 0.717) is 35.8 Å². The fourth-order valence-electron chi connectivity index (χ4n) is 4.73. The van der Waals surface area contributed by atoms with Crippen LogP contribution in [0.2, 0.25) is 0 Å². The number of allylic oxidation sites excluding steroid dienone is 3. The van der Waals surface area contributed by atoms with Gasteiger partial charge in [0.1, 0.15) is 11.6 Å². The third-order valence-corrected chi connectivity index (χ3v) is 6.02. The average molecular weight is 410 g/mol. The van der Waals surface area contributed by atoms with Crippen molar-refractivity contribution < 1.29 is 9.53 Å². The van der Waals surface area contributed by atoms with Gasteiger partial charge in [0, 0.05) is 23.3 Å². The molecular weight excluding hydrogens is 388 g/mol. The molecule has 0 saturated heterocycles. The van der Waals surface area contributed by atoms with Crippen molar-refractivity contribution >= 4 is 17.3 Å². The Morgan fingerprint density at radius 3 is 2.71 bits per heavy atom. The van der Waals surface area contributed by atoms with E-state index in [9.17, 15) is 10.1 Å². The normalized spacial score (nSPS) is 19.9. The molecule has 3 aliphatic rings. The van der Waals surface area contributed by atoms with Crippen LogP contribution in [0.4, 0.5) is 5.69 Å². The number of para-hydroxylation sites is 1. The van der Waals surface area contributed by atoms with E-state index in [2.05, 4.69) is 11.1 Å². The first-order chi connectivity index (χ1) is 15.1. The van der Waals surface area contributed by atoms with Crippen LogP contribution >= 0.6 is 0 Å². The lowest BCUT2D eigenvalue weighted by Gasteiger charge is -2.41. The number of benzene rings is 2. The Morgan fingerprint density at radius 2 is 1.97 bits per heavy atom. The predicted octanol–water partition coefficient (Wildman–Crippen LogP) is 4.15. The Labute approximate surface area is 180 Å². The lowest BCUT2D eigenvalue weighted by Crippen LogP contribution is -2.39. The Hall–Kier alpha value is -3.85. The molecule has 1 aliphatic carbocycles. The lowest BCUT2D eigenvalue weighted by molar-refractivity contribution is -0.116. The zero-order chi connectivity index (χ0) is 21.5. The summed E-state index contributed by atoms with van der Waals surface area (Å²) in [5.41, 5.74) is 10.9. The van der Waals surface area contributed by atoms with Gasteiger partial charge in [-0.15, -0.1) is 0 Å². The third kappa shape index (κ3) is 2.93. The Morgan fingerprint density at radius 1 is 1.19 bits per heavy atom. The molecule has 0 radical (unpaired) electrons. The van der Waals surface area contributed by atoms with Crippen molar-refractivity contribution in [1.82, 2.24) is 0 Å². The number of Topliss-reactive ketones (excluding diaryl/α,β-unsaturated/α-hetero) is 1. The summed E-state index contributed by atoms with van der Waals surface area (Å²) in [6, 6.07) is 17.7. The van der Waals surface area contributed by atoms with Crippen LogP contribution in [-0.4, -0.2) is 18.2 Å². The average Bonchev–Trinajstić information content (AvgIpc) is 2.79. The summed E-state index contributed by atoms with van der Waals surface area (Å²) in [6.07, 6.45) is 2.02. The van der Waals surface area contributed by atoms with Gasteiger partial charge in [0.15, 0.2) is 11.6 Å². The second kappa shape index (κ2) is 7.44. The van der Waals surface area contributed by atoms with Gasteiger partial charge < -0.3 is 10.5 Å². The van der Waals surface area contributed by atoms with Crippen LogP contribution in [0.3, 0.4) is 0 Å². The fraction of sp³-hybridized carbons (Fsp3) is 0.240. The molecule has 0 saturated carbocycles. The number of anilines is 1. The summed E-state index contributed by atoms with van der Waals surface area (Å²) < 4.78 is 5.57. The number of aliphatic imine (C=N–C) groups is 1. The maximum absolute atomic E-state index is 13.2. The monoisotopic (exact) mass is 410 g/mol. The van der Waals surface area contributed by atoms with E-state index in [0.717, 1.165) is 41.1 Å². The van der Waals surface area contributed by atoms with Crippen LogP contribution in [-0.2, 0) is 4.79 Å². The highest BCUT2D eigenvalue weighted by Gasteiger charge is 2.42. The number of hydrogen-bond acceptors (Lipinski definition) is 6. The van der Waals surface area contributed by atoms with Crippen molar-refractivity contribution in [2.45, 2.75) is 32.1 Å². The molecule has 154 valence electrons. The molecule has 0 amide bonds. The van der Waals surface area contributed by atoms with Gasteiger partial charge in [-0.3, -0.25) is 9.69 Å². The quantitative estimate of drug-likeness (QED) is 0.821. The molecule has 6 heteroatoms. The second-order valence-corrected chi connectivity index (χ2v) is 7.77. The first kappa shape index (κ1) is 19.1. The van der Waals surface area contributed by atoms with Crippen molar-refractivity contribution in [3.63, 3.8) is 0 Å². The number of hydrogen-bond donors (Lipinski definition) is 1. The molecule has 31 heavy (non-hydrogen) atoms. The van der Waals surface area contributed by atoms with Crippen LogP contribution in [0.1, 0.15) is 43.2 Å². The Balaban J connectivity index is 1.76. The highest BCUT2D eigenvalue weighted by atomic mass is 16.5. The smallest absolute Gasteiger partial charge is 0.161 e. The van der Waals surface area contributed by atoms with Crippen molar-refractivity contribution in [1.29, 1.82) is 5.26 Å². The number of nitrogens with zero attached hydrogens (tertiary/aromatic N) is 3. The van der Waals surface area contributed by atoms with E-state index in [1.54, 1.807) is 0 Å². The number of fused-ring (bicyclic) bond motifs is 4. The molecule has 1 atom stereocenters. The van der Waals surface area contributed by atoms with Crippen LogP contribution in [0.15, 0.2) is 76.2 Å². The van der Waals surface area contributed by atoms with Crippen LogP contribution in [0, 0.1) is 11.3 Å². The topological polar surface area (TPSA) is 91.7 Å². The number of rotatable bonds is 3. The lowest BCUT2D eigenvalue weighted by atomic mass is 9.75. The first-order valence-corrected chi connectivity index (χ1v) is 10.5. The van der Waals surface area contributed by atoms with Crippen molar-refractivity contribution in [2.24, 2.45) is 10.7 Å². The van der Waals surface area contributed by atoms with Crippen molar-refractivity contribution in [3.8, 4) is 11.8 Å². The SMILES string of the molecule is CCOc1ccc([C@@H]2C(C#N)=C3N=C(N)c4ccccc4N3C3=C2C(=O)CCC3)cc1. The zero-order valence-electron chi connectivity index (χ0n) is 17.3. The molecule has 0 unspecified atom stereocenters. The number of amidine groups is 1. The van der Waals surface area contributed by atoms with Gasteiger partial charge >= 0.3 is 0 Å². The number of nitriles is 1. The fourth-order valence-corrected chi connectivity index (χ4v) is 4.73. The number of ether oxygens (including phenoxy) is 1. The highest BCUT2D eigenvalue weighted by Crippen LogP contribution is 2.49. The molecule has 0 fully saturated rings. The van der Waals surface area contributed by atoms with Crippen molar-refractivity contribution in [2.75, 3.05) is 11.5 Å². The summed E-state index contributed by atoms with van der Waals surface area (Å²) in [5, 5.41) is 10.2. The van der Waals surface area contributed by atoms with E-state index in [1.165, 1.54) is 0 Å². The van der Waals surface area contributed by atoms with Gasteiger partial charge in [-0.05, 0) is 49.6 Å². The zero-order valence-corrected chi connectivity index (χ0v) is 17.3. The number of ketones is 1. The molecule has 5 rings (SSSR count). The minimum absolute atomic E-state index is 0.0898. The molecular formula is C25H22N4O2. The first-order valence-electron chi connectivity index (χ1n) is 10.5. The molecule has 2 heterocycles. The molecule has 0 aromatic heterocycles. The van der Waals surface area contributed by atoms with Crippen LogP contribution in [0.25, 0.3) is 0 Å². The summed E-state index contributed by atoms with van der Waals surface area (Å²) in [6.45, 7) is 2.51. The van der Waals surface area contributed by atoms with Crippen LogP contribution in [0.5, 0.6) is 5.75 Å². The third-order valence-electron chi connectivity index (χ3n) is 6.02. The summed E-state index contributed by atoms with van der Waals surface area (Å²) in [7, 11) is 0. The summed E-state index contributed by atoms with van der Waals surface area (Å²) in [4.78, 5) is 19.8. The Kier molecular flexibility index (Phi) is 4.59. The Bertz CT molecular complexity index is 1210. The summed E-state index contributed by atoms with van der Waals surface area (Å²) in [5.74, 6) is 1.29. The maximum atomic E-state index is 13.2. The van der Waals surface area contributed by atoms with Gasteiger partial charge in [-0.25, -0.2) is 4.99 Å². The predicted molar refractivity (Wildman–Crippen MR) is 119 cm³/mol. The second-order valence-electron chi connectivity index (χ2n) is 7.77. The molecule has 0 bridgehead atoms. The van der Waals surface area contributed by atoms with E-state index < -0.39 is 5.92 Å². The van der Waals surface area contributed by atoms with Gasteiger partial charge in [-0.1, -0.05) is 24.3 Å². The number of nitrogens with two attached hydrogens (primary N) is 1. The molecule has 2 aromatic carbocycles. The minimum Gasteiger partial charge on any atom is -0.494 e. The molecule has 2 N–H and O–H groups in total. The van der Waals surface area contributed by atoms with E-state index >= 15 is 0 Å². The number of carbonyl (C=O) groups excluding carboxylic acids is 1. The van der Waals surface area contributed by atoms with E-state index in [1.807, 2.05) is 60.4 Å².